The van der Waals surface area contributed by atoms with Crippen molar-refractivity contribution in [2.75, 3.05) is 0 Å². The van der Waals surface area contributed by atoms with Crippen molar-refractivity contribution in [3.05, 3.63) is 57.5 Å². The molecule has 0 amide bonds. The molecule has 23 heavy (non-hydrogen) atoms. The second-order valence-electron chi connectivity index (χ2n) is 4.96. The lowest BCUT2D eigenvalue weighted by molar-refractivity contribution is -0.116. The Balaban J connectivity index is 2.15. The lowest BCUT2D eigenvalue weighted by Gasteiger charge is -2.09. The molecule has 0 saturated carbocycles. The molecule has 0 N–H and O–H groups in total. The highest BCUT2D eigenvalue weighted by molar-refractivity contribution is 9.10. The van der Waals surface area contributed by atoms with Crippen LogP contribution in [0.1, 0.15) is 18.9 Å². The Labute approximate surface area is 148 Å². The van der Waals surface area contributed by atoms with Gasteiger partial charge in [0.1, 0.15) is 16.4 Å². The quantitative estimate of drug-likeness (QED) is 0.654. The molecule has 2 aromatic carbocycles. The highest BCUT2D eigenvalue weighted by Gasteiger charge is 2.20. The van der Waals surface area contributed by atoms with Gasteiger partial charge < -0.3 is 8.98 Å². The fraction of sp³-hybridized carbons (Fsp3) is 0.188. The predicted molar refractivity (Wildman–Crippen MR) is 92.4 cm³/mol. The van der Waals surface area contributed by atoms with E-state index >= 15 is 0 Å². The topological polar surface area (TPSA) is 60.4 Å². The summed E-state index contributed by atoms with van der Waals surface area (Å²) in [6, 6.07) is 11.0. The van der Waals surface area contributed by atoms with Gasteiger partial charge in [-0.05, 0) is 49.2 Å². The average molecular weight is 418 g/mol. The number of ketones is 1. The average Bonchev–Trinajstić information content (AvgIpc) is 2.45. The number of halogens is 2. The standard InChI is InChI=1S/C16H14BrClO4S/c1-11(19)2-3-12-4-7-14(8-5-12)22-23(20,21)16-9-6-13(17)10-15(16)18/h4-10H,2-3H2,1H3. The van der Waals surface area contributed by atoms with Gasteiger partial charge in [0.2, 0.25) is 0 Å². The Hall–Kier alpha value is -1.37. The summed E-state index contributed by atoms with van der Waals surface area (Å²) in [5.41, 5.74) is 0.937. The molecule has 4 nitrogen and oxygen atoms in total. The van der Waals surface area contributed by atoms with Crippen molar-refractivity contribution < 1.29 is 17.4 Å². The van der Waals surface area contributed by atoms with E-state index in [1.54, 1.807) is 30.3 Å². The summed E-state index contributed by atoms with van der Waals surface area (Å²) in [5, 5.41) is 0.0810. The lowest BCUT2D eigenvalue weighted by atomic mass is 10.1. The molecule has 0 bridgehead atoms. The molecule has 0 heterocycles. The molecule has 0 aliphatic rings. The highest BCUT2D eigenvalue weighted by Crippen LogP contribution is 2.28. The first-order chi connectivity index (χ1) is 10.8. The van der Waals surface area contributed by atoms with Gasteiger partial charge in [0.05, 0.1) is 5.02 Å². The van der Waals surface area contributed by atoms with Crippen LogP contribution in [0.15, 0.2) is 51.8 Å². The molecule has 2 aromatic rings. The molecule has 7 heteroatoms. The third-order valence-corrected chi connectivity index (χ3v) is 5.28. The molecule has 0 radical (unpaired) electrons. The van der Waals surface area contributed by atoms with Gasteiger partial charge in [0.15, 0.2) is 0 Å². The molecular weight excluding hydrogens is 404 g/mol. The SMILES string of the molecule is CC(=O)CCc1ccc(OS(=O)(=O)c2ccc(Br)cc2Cl)cc1. The van der Waals surface area contributed by atoms with E-state index in [4.69, 9.17) is 15.8 Å². The van der Waals surface area contributed by atoms with Gasteiger partial charge in [0.25, 0.3) is 0 Å². The van der Waals surface area contributed by atoms with Crippen molar-refractivity contribution >= 4 is 43.4 Å². The molecule has 0 saturated heterocycles. The maximum absolute atomic E-state index is 12.3. The smallest absolute Gasteiger partial charge is 0.340 e. The summed E-state index contributed by atoms with van der Waals surface area (Å²) in [5.74, 6) is 0.299. The summed E-state index contributed by atoms with van der Waals surface area (Å²) in [6.07, 6.45) is 1.06. The summed E-state index contributed by atoms with van der Waals surface area (Å²) in [6.45, 7) is 1.53. The van der Waals surface area contributed by atoms with Crippen LogP contribution in [0.25, 0.3) is 0 Å². The Morgan fingerprint density at radius 3 is 2.39 bits per heavy atom. The van der Waals surface area contributed by atoms with E-state index in [-0.39, 0.29) is 21.5 Å². The molecule has 0 aliphatic carbocycles. The van der Waals surface area contributed by atoms with Crippen molar-refractivity contribution in [1.29, 1.82) is 0 Å². The summed E-state index contributed by atoms with van der Waals surface area (Å²) >= 11 is 9.17. The zero-order valence-corrected chi connectivity index (χ0v) is 15.4. The highest BCUT2D eigenvalue weighted by atomic mass is 79.9. The number of aryl methyl sites for hydroxylation is 1. The van der Waals surface area contributed by atoms with E-state index in [2.05, 4.69) is 15.9 Å². The van der Waals surface area contributed by atoms with Gasteiger partial charge in [0, 0.05) is 10.9 Å². The minimum absolute atomic E-state index is 0.0810. The second-order valence-corrected chi connectivity index (χ2v) is 7.80. The first kappa shape index (κ1) is 18.0. The van der Waals surface area contributed by atoms with Crippen molar-refractivity contribution in [3.63, 3.8) is 0 Å². The molecule has 2 rings (SSSR count). The molecule has 0 aromatic heterocycles. The van der Waals surface area contributed by atoms with Crippen LogP contribution < -0.4 is 4.18 Å². The Kier molecular flexibility index (Phi) is 5.84. The van der Waals surface area contributed by atoms with Gasteiger partial charge in [-0.15, -0.1) is 0 Å². The summed E-state index contributed by atoms with van der Waals surface area (Å²) in [4.78, 5) is 10.9. The van der Waals surface area contributed by atoms with Crippen molar-refractivity contribution in [1.82, 2.24) is 0 Å². The van der Waals surface area contributed by atoms with E-state index < -0.39 is 10.1 Å². The number of benzene rings is 2. The Bertz CT molecular complexity index is 816. The van der Waals surface area contributed by atoms with Gasteiger partial charge >= 0.3 is 10.1 Å². The third-order valence-electron chi connectivity index (χ3n) is 3.06. The van der Waals surface area contributed by atoms with Gasteiger partial charge in [-0.3, -0.25) is 0 Å². The fourth-order valence-electron chi connectivity index (χ4n) is 1.88. The van der Waals surface area contributed by atoms with Crippen LogP contribution in [0.4, 0.5) is 0 Å². The van der Waals surface area contributed by atoms with Crippen LogP contribution >= 0.6 is 27.5 Å². The van der Waals surface area contributed by atoms with E-state index in [0.717, 1.165) is 5.56 Å². The molecule has 0 atom stereocenters. The van der Waals surface area contributed by atoms with Crippen molar-refractivity contribution in [2.24, 2.45) is 0 Å². The molecule has 122 valence electrons. The van der Waals surface area contributed by atoms with Crippen LogP contribution in [-0.2, 0) is 21.3 Å². The monoisotopic (exact) mass is 416 g/mol. The minimum Gasteiger partial charge on any atom is -0.379 e. The zero-order chi connectivity index (χ0) is 17.0. The first-order valence-electron chi connectivity index (χ1n) is 6.76. The van der Waals surface area contributed by atoms with E-state index in [9.17, 15) is 13.2 Å². The summed E-state index contributed by atoms with van der Waals surface area (Å²) in [7, 11) is -4.01. The van der Waals surface area contributed by atoms with E-state index in [0.29, 0.717) is 17.3 Å². The molecule has 0 fully saturated rings. The summed E-state index contributed by atoms with van der Waals surface area (Å²) < 4.78 is 30.3. The van der Waals surface area contributed by atoms with Crippen molar-refractivity contribution in [3.8, 4) is 5.75 Å². The van der Waals surface area contributed by atoms with Crippen molar-refractivity contribution in [2.45, 2.75) is 24.7 Å². The van der Waals surface area contributed by atoms with E-state index in [1.807, 2.05) is 0 Å². The van der Waals surface area contributed by atoms with Crippen LogP contribution in [0.5, 0.6) is 5.75 Å². The molecular formula is C16H14BrClO4S. The van der Waals surface area contributed by atoms with Gasteiger partial charge in [-0.25, -0.2) is 0 Å². The number of carbonyl (C=O) groups excluding carboxylic acids is 1. The van der Waals surface area contributed by atoms with Crippen LogP contribution in [0.2, 0.25) is 5.02 Å². The molecule has 0 aliphatic heterocycles. The molecule has 0 spiro atoms. The van der Waals surface area contributed by atoms with Gasteiger partial charge in [-0.1, -0.05) is 39.7 Å². The second kappa shape index (κ2) is 7.47. The third kappa shape index (κ3) is 5.06. The van der Waals surface area contributed by atoms with Crippen LogP contribution in [0.3, 0.4) is 0 Å². The van der Waals surface area contributed by atoms with Gasteiger partial charge in [-0.2, -0.15) is 8.42 Å². The minimum atomic E-state index is -4.01. The predicted octanol–water partition coefficient (Wildman–Crippen LogP) is 4.39. The first-order valence-corrected chi connectivity index (χ1v) is 9.34. The number of carbonyl (C=O) groups is 1. The number of hydrogen-bond acceptors (Lipinski definition) is 4. The molecule has 0 unspecified atom stereocenters. The number of hydrogen-bond donors (Lipinski definition) is 0. The Morgan fingerprint density at radius 2 is 1.83 bits per heavy atom. The van der Waals surface area contributed by atoms with E-state index in [1.165, 1.54) is 19.1 Å². The maximum Gasteiger partial charge on any atom is 0.340 e. The lowest BCUT2D eigenvalue weighted by Crippen LogP contribution is -2.10. The van der Waals surface area contributed by atoms with Crippen LogP contribution in [-0.4, -0.2) is 14.2 Å². The van der Waals surface area contributed by atoms with Crippen LogP contribution in [0, 0.1) is 0 Å². The normalized spacial score (nSPS) is 11.3. The Morgan fingerprint density at radius 1 is 1.17 bits per heavy atom. The largest absolute Gasteiger partial charge is 0.379 e. The fourth-order valence-corrected chi connectivity index (χ4v) is 3.83. The maximum atomic E-state index is 12.3. The zero-order valence-electron chi connectivity index (χ0n) is 12.3. The number of Topliss-reactive ketones (excluding diaryl/α,β-unsaturated/α-hetero) is 1. The number of rotatable bonds is 6.